The van der Waals surface area contributed by atoms with Crippen LogP contribution in [0.2, 0.25) is 0 Å². The summed E-state index contributed by atoms with van der Waals surface area (Å²) in [6.07, 6.45) is 7.49. The number of rotatable bonds is 6. The van der Waals surface area contributed by atoms with E-state index in [-0.39, 0.29) is 11.3 Å². The maximum atomic E-state index is 12.3. The summed E-state index contributed by atoms with van der Waals surface area (Å²) in [4.78, 5) is 12.3. The molecule has 0 unspecified atom stereocenters. The van der Waals surface area contributed by atoms with Crippen molar-refractivity contribution in [3.63, 3.8) is 0 Å². The molecule has 1 amide bonds. The fourth-order valence-electron chi connectivity index (χ4n) is 3.43. The molecule has 0 atom stereocenters. The third-order valence-electron chi connectivity index (χ3n) is 4.86. The van der Waals surface area contributed by atoms with Gasteiger partial charge in [0, 0.05) is 13.0 Å². The lowest BCUT2D eigenvalue weighted by Gasteiger charge is -2.35. The van der Waals surface area contributed by atoms with Crippen molar-refractivity contribution in [2.75, 3.05) is 6.54 Å². The highest BCUT2D eigenvalue weighted by Crippen LogP contribution is 2.38. The van der Waals surface area contributed by atoms with Crippen molar-refractivity contribution in [2.45, 2.75) is 58.4 Å². The van der Waals surface area contributed by atoms with Gasteiger partial charge in [-0.15, -0.1) is 0 Å². The first kappa shape index (κ1) is 16.0. The summed E-state index contributed by atoms with van der Waals surface area (Å²) in [5, 5.41) is 3.09. The van der Waals surface area contributed by atoms with E-state index in [4.69, 9.17) is 5.73 Å². The maximum absolute atomic E-state index is 12.3. The van der Waals surface area contributed by atoms with Gasteiger partial charge in [-0.25, -0.2) is 0 Å². The number of amides is 1. The Morgan fingerprint density at radius 1 is 1.19 bits per heavy atom. The molecule has 21 heavy (non-hydrogen) atoms. The van der Waals surface area contributed by atoms with Gasteiger partial charge in [0.15, 0.2) is 0 Å². The Bertz CT molecular complexity index is 464. The molecule has 0 saturated heterocycles. The maximum Gasteiger partial charge on any atom is 0.220 e. The van der Waals surface area contributed by atoms with E-state index >= 15 is 0 Å². The number of hydrogen-bond acceptors (Lipinski definition) is 2. The van der Waals surface area contributed by atoms with Crippen molar-refractivity contribution >= 4 is 5.91 Å². The Hall–Kier alpha value is -1.35. The van der Waals surface area contributed by atoms with Gasteiger partial charge < -0.3 is 11.1 Å². The van der Waals surface area contributed by atoms with Gasteiger partial charge in [0.25, 0.3) is 0 Å². The first-order valence-corrected chi connectivity index (χ1v) is 8.23. The smallest absolute Gasteiger partial charge is 0.220 e. The first-order chi connectivity index (χ1) is 10.2. The molecule has 0 radical (unpaired) electrons. The van der Waals surface area contributed by atoms with Crippen LogP contribution in [0.5, 0.6) is 0 Å². The molecule has 1 fully saturated rings. The predicted molar refractivity (Wildman–Crippen MR) is 86.9 cm³/mol. The minimum atomic E-state index is 0.0482. The number of carbonyl (C=O) groups excluding carboxylic acids is 1. The van der Waals surface area contributed by atoms with Gasteiger partial charge in [-0.05, 0) is 42.3 Å². The molecule has 3 N–H and O–H groups in total. The van der Waals surface area contributed by atoms with Crippen molar-refractivity contribution in [2.24, 2.45) is 11.1 Å². The van der Waals surface area contributed by atoms with Crippen LogP contribution in [0, 0.1) is 5.41 Å². The van der Waals surface area contributed by atoms with Gasteiger partial charge in [-0.3, -0.25) is 4.79 Å². The molecule has 1 aromatic rings. The van der Waals surface area contributed by atoms with Gasteiger partial charge in [0.05, 0.1) is 0 Å². The molecule has 2 rings (SSSR count). The van der Waals surface area contributed by atoms with E-state index in [1.165, 1.54) is 30.4 Å². The zero-order valence-electron chi connectivity index (χ0n) is 13.2. The average Bonchev–Trinajstić information content (AvgIpc) is 2.54. The average molecular weight is 288 g/mol. The second-order valence-electron chi connectivity index (χ2n) is 6.34. The monoisotopic (exact) mass is 288 g/mol. The van der Waals surface area contributed by atoms with Crippen molar-refractivity contribution in [3.05, 3.63) is 35.4 Å². The van der Waals surface area contributed by atoms with E-state index in [2.05, 4.69) is 30.4 Å². The van der Waals surface area contributed by atoms with E-state index in [1.54, 1.807) is 0 Å². The molecule has 116 valence electrons. The highest BCUT2D eigenvalue weighted by Gasteiger charge is 2.32. The number of nitrogens with two attached hydrogens (primary N) is 1. The van der Waals surface area contributed by atoms with Crippen LogP contribution < -0.4 is 11.1 Å². The number of hydrogen-bond donors (Lipinski definition) is 2. The normalized spacial score (nSPS) is 17.4. The molecule has 1 saturated carbocycles. The highest BCUT2D eigenvalue weighted by molar-refractivity contribution is 5.76. The highest BCUT2D eigenvalue weighted by atomic mass is 16.1. The fourth-order valence-corrected chi connectivity index (χ4v) is 3.43. The Morgan fingerprint density at radius 2 is 1.86 bits per heavy atom. The van der Waals surface area contributed by atoms with Gasteiger partial charge in [-0.2, -0.15) is 0 Å². The Balaban J connectivity index is 1.89. The summed E-state index contributed by atoms with van der Waals surface area (Å²) in [6.45, 7) is 3.40. The Labute approximate surface area is 128 Å². The van der Waals surface area contributed by atoms with Crippen LogP contribution >= 0.6 is 0 Å². The largest absolute Gasteiger partial charge is 0.352 e. The van der Waals surface area contributed by atoms with Gasteiger partial charge in [0.2, 0.25) is 5.91 Å². The third kappa shape index (κ3) is 4.31. The molecular weight excluding hydrogens is 260 g/mol. The zero-order chi connectivity index (χ0) is 15.1. The van der Waals surface area contributed by atoms with Crippen LogP contribution in [0.25, 0.3) is 0 Å². The van der Waals surface area contributed by atoms with Crippen LogP contribution in [-0.2, 0) is 17.8 Å². The molecule has 0 heterocycles. The van der Waals surface area contributed by atoms with Crippen molar-refractivity contribution in [1.29, 1.82) is 0 Å². The first-order valence-electron chi connectivity index (χ1n) is 8.23. The Kier molecular flexibility index (Phi) is 5.80. The van der Waals surface area contributed by atoms with Crippen molar-refractivity contribution < 1.29 is 4.79 Å². The lowest BCUT2D eigenvalue weighted by atomic mass is 9.71. The van der Waals surface area contributed by atoms with E-state index < -0.39 is 0 Å². The van der Waals surface area contributed by atoms with Gasteiger partial charge >= 0.3 is 0 Å². The molecule has 3 heteroatoms. The van der Waals surface area contributed by atoms with E-state index in [1.807, 2.05) is 6.07 Å². The molecular formula is C18H28N2O. The second-order valence-corrected chi connectivity index (χ2v) is 6.34. The second kappa shape index (κ2) is 7.60. The third-order valence-corrected chi connectivity index (χ3v) is 4.86. The molecule has 1 aliphatic carbocycles. The zero-order valence-corrected chi connectivity index (χ0v) is 13.2. The molecule has 1 aliphatic rings. The number of benzene rings is 1. The predicted octanol–water partition coefficient (Wildman–Crippen LogP) is 3.16. The minimum Gasteiger partial charge on any atom is -0.352 e. The lowest BCUT2D eigenvalue weighted by molar-refractivity contribution is -0.124. The summed E-state index contributed by atoms with van der Waals surface area (Å²) < 4.78 is 0. The van der Waals surface area contributed by atoms with E-state index in [0.717, 1.165) is 19.3 Å². The molecule has 1 aromatic carbocycles. The molecule has 0 aliphatic heterocycles. The van der Waals surface area contributed by atoms with Crippen LogP contribution in [0.3, 0.4) is 0 Å². The quantitative estimate of drug-likeness (QED) is 0.845. The summed E-state index contributed by atoms with van der Waals surface area (Å²) >= 11 is 0. The summed E-state index contributed by atoms with van der Waals surface area (Å²) in [5.41, 5.74) is 8.54. The lowest BCUT2D eigenvalue weighted by Crippen LogP contribution is -2.38. The summed E-state index contributed by atoms with van der Waals surface area (Å²) in [5.74, 6) is 0.147. The van der Waals surface area contributed by atoms with Crippen molar-refractivity contribution in [3.8, 4) is 0 Å². The Morgan fingerprint density at radius 3 is 2.48 bits per heavy atom. The summed E-state index contributed by atoms with van der Waals surface area (Å²) in [6, 6.07) is 8.31. The summed E-state index contributed by atoms with van der Waals surface area (Å²) in [7, 11) is 0. The fraction of sp³-hybridized carbons (Fsp3) is 0.611. The number of aryl methyl sites for hydroxylation is 1. The van der Waals surface area contributed by atoms with Gasteiger partial charge in [-0.1, -0.05) is 50.5 Å². The minimum absolute atomic E-state index is 0.0482. The number of nitrogens with one attached hydrogen (secondary N) is 1. The molecule has 0 aromatic heterocycles. The molecule has 3 nitrogen and oxygen atoms in total. The van der Waals surface area contributed by atoms with Crippen LogP contribution in [0.15, 0.2) is 24.3 Å². The van der Waals surface area contributed by atoms with Crippen LogP contribution in [-0.4, -0.2) is 12.5 Å². The van der Waals surface area contributed by atoms with Crippen molar-refractivity contribution in [1.82, 2.24) is 5.32 Å². The van der Waals surface area contributed by atoms with Crippen LogP contribution in [0.1, 0.15) is 56.6 Å². The topological polar surface area (TPSA) is 55.1 Å². The number of carbonyl (C=O) groups is 1. The van der Waals surface area contributed by atoms with Gasteiger partial charge in [0.1, 0.15) is 0 Å². The van der Waals surface area contributed by atoms with E-state index in [0.29, 0.717) is 19.5 Å². The standard InChI is InChI=1S/C18H28N2O/c1-2-15-8-4-5-9-16(15)13-20-17(21)12-18(14-19)10-6-3-7-11-18/h4-5,8-9H,2-3,6-7,10-14,19H2,1H3,(H,20,21). The van der Waals surface area contributed by atoms with E-state index in [9.17, 15) is 4.79 Å². The molecule has 0 spiro atoms. The SMILES string of the molecule is CCc1ccccc1CNC(=O)CC1(CN)CCCCC1. The van der Waals surface area contributed by atoms with Crippen LogP contribution in [0.4, 0.5) is 0 Å². The molecule has 0 bridgehead atoms.